The fraction of sp³-hybridized carbons (Fsp3) is 0.429. The molecule has 1 aliphatic heterocycles. The molecule has 0 radical (unpaired) electrons. The van der Waals surface area contributed by atoms with Crippen LogP contribution in [0.1, 0.15) is 36.2 Å². The molecule has 1 aromatic heterocycles. The summed E-state index contributed by atoms with van der Waals surface area (Å²) in [5, 5.41) is 3.98. The Kier molecular flexibility index (Phi) is 5.75. The molecule has 1 unspecified atom stereocenters. The van der Waals surface area contributed by atoms with E-state index in [0.29, 0.717) is 30.8 Å². The van der Waals surface area contributed by atoms with Crippen molar-refractivity contribution in [3.63, 3.8) is 0 Å². The van der Waals surface area contributed by atoms with Crippen LogP contribution in [0.3, 0.4) is 0 Å². The lowest BCUT2D eigenvalue weighted by Gasteiger charge is -2.23. The Labute approximate surface area is 138 Å². The minimum absolute atomic E-state index is 0. The molecule has 0 amide bonds. The topological polar surface area (TPSA) is 68.2 Å². The number of hydrogen-bond donors (Lipinski definition) is 1. The zero-order chi connectivity index (χ0) is 13.9. The number of nitrogens with two attached hydrogens (primary N) is 1. The van der Waals surface area contributed by atoms with Crippen LogP contribution in [-0.2, 0) is 13.1 Å². The number of likely N-dealkylation sites (tertiary alicyclic amines) is 1. The van der Waals surface area contributed by atoms with E-state index >= 15 is 0 Å². The van der Waals surface area contributed by atoms with Crippen molar-refractivity contribution in [2.24, 2.45) is 5.73 Å². The van der Waals surface area contributed by atoms with Crippen LogP contribution in [0.5, 0.6) is 0 Å². The molecule has 1 saturated heterocycles. The summed E-state index contributed by atoms with van der Waals surface area (Å²) in [5.74, 6) is 1.21. The van der Waals surface area contributed by atoms with Crippen LogP contribution in [0.2, 0.25) is 0 Å². The molecular weight excluding hydrogens is 356 g/mol. The van der Waals surface area contributed by atoms with Gasteiger partial charge in [-0.3, -0.25) is 4.90 Å². The number of nitrogens with zero attached hydrogens (tertiary/aromatic N) is 3. The smallest absolute Gasteiger partial charge is 0.240 e. The number of hydrogen-bond acceptors (Lipinski definition) is 5. The summed E-state index contributed by atoms with van der Waals surface area (Å²) in [4.78, 5) is 6.68. The van der Waals surface area contributed by atoms with Crippen LogP contribution in [0.25, 0.3) is 0 Å². The predicted molar refractivity (Wildman–Crippen MR) is 86.0 cm³/mol. The Balaban J connectivity index is 0.00000161. The summed E-state index contributed by atoms with van der Waals surface area (Å²) in [6.07, 6.45) is 2.36. The SMILES string of the molecule is Cl.NCc1nc(CN2CCCC2c2cccc(Br)c2)no1. The molecular formula is C14H18BrClN4O. The normalized spacial score (nSPS) is 18.7. The van der Waals surface area contributed by atoms with Gasteiger partial charge in [0.15, 0.2) is 5.82 Å². The van der Waals surface area contributed by atoms with Crippen molar-refractivity contribution in [1.82, 2.24) is 15.0 Å². The summed E-state index contributed by atoms with van der Waals surface area (Å²) in [6.45, 7) is 2.06. The Bertz CT molecular complexity index is 592. The van der Waals surface area contributed by atoms with Gasteiger partial charge in [0.1, 0.15) is 0 Å². The predicted octanol–water partition coefficient (Wildman–Crippen LogP) is 3.05. The van der Waals surface area contributed by atoms with Gasteiger partial charge in [0, 0.05) is 10.5 Å². The molecule has 0 saturated carbocycles. The quantitative estimate of drug-likeness (QED) is 0.892. The van der Waals surface area contributed by atoms with E-state index < -0.39 is 0 Å². The highest BCUT2D eigenvalue weighted by molar-refractivity contribution is 9.10. The van der Waals surface area contributed by atoms with Crippen molar-refractivity contribution in [2.45, 2.75) is 32.0 Å². The molecule has 2 aromatic rings. The summed E-state index contributed by atoms with van der Waals surface area (Å²) < 4.78 is 6.18. The summed E-state index contributed by atoms with van der Waals surface area (Å²) in [7, 11) is 0. The van der Waals surface area contributed by atoms with Gasteiger partial charge in [0.2, 0.25) is 5.89 Å². The zero-order valence-corrected chi connectivity index (χ0v) is 13.9. The molecule has 1 atom stereocenters. The van der Waals surface area contributed by atoms with Gasteiger partial charge in [-0.15, -0.1) is 12.4 Å². The van der Waals surface area contributed by atoms with E-state index in [0.717, 1.165) is 17.4 Å². The number of benzene rings is 1. The highest BCUT2D eigenvalue weighted by Gasteiger charge is 2.27. The third-order valence-corrected chi connectivity index (χ3v) is 4.12. The first-order valence-electron chi connectivity index (χ1n) is 6.77. The zero-order valence-electron chi connectivity index (χ0n) is 11.5. The van der Waals surface area contributed by atoms with E-state index in [9.17, 15) is 0 Å². The Morgan fingerprint density at radius 2 is 2.29 bits per heavy atom. The summed E-state index contributed by atoms with van der Waals surface area (Å²) >= 11 is 3.54. The summed E-state index contributed by atoms with van der Waals surface area (Å²) in [6, 6.07) is 8.92. The molecule has 114 valence electrons. The van der Waals surface area contributed by atoms with Crippen molar-refractivity contribution < 1.29 is 4.52 Å². The van der Waals surface area contributed by atoms with Gasteiger partial charge in [-0.1, -0.05) is 33.2 Å². The molecule has 0 spiro atoms. The second-order valence-electron chi connectivity index (χ2n) is 4.99. The molecule has 2 N–H and O–H groups in total. The minimum atomic E-state index is 0. The van der Waals surface area contributed by atoms with E-state index in [2.05, 4.69) is 55.2 Å². The molecule has 3 rings (SSSR count). The second-order valence-corrected chi connectivity index (χ2v) is 5.91. The van der Waals surface area contributed by atoms with Crippen LogP contribution >= 0.6 is 28.3 Å². The van der Waals surface area contributed by atoms with Crippen LogP contribution in [0.4, 0.5) is 0 Å². The van der Waals surface area contributed by atoms with E-state index in [4.69, 9.17) is 10.3 Å². The molecule has 7 heteroatoms. The first-order valence-corrected chi connectivity index (χ1v) is 7.56. The monoisotopic (exact) mass is 372 g/mol. The molecule has 1 aliphatic rings. The first-order chi connectivity index (χ1) is 9.76. The number of aromatic nitrogens is 2. The van der Waals surface area contributed by atoms with Gasteiger partial charge in [-0.05, 0) is 37.1 Å². The van der Waals surface area contributed by atoms with Crippen molar-refractivity contribution in [1.29, 1.82) is 0 Å². The van der Waals surface area contributed by atoms with E-state index in [1.165, 1.54) is 12.0 Å². The molecule has 21 heavy (non-hydrogen) atoms. The van der Waals surface area contributed by atoms with Crippen LogP contribution in [-0.4, -0.2) is 21.6 Å². The highest BCUT2D eigenvalue weighted by atomic mass is 79.9. The number of halogens is 2. The Hall–Kier alpha value is -0.950. The lowest BCUT2D eigenvalue weighted by Crippen LogP contribution is -2.23. The van der Waals surface area contributed by atoms with Crippen LogP contribution in [0.15, 0.2) is 33.3 Å². The molecule has 1 aromatic carbocycles. The lowest BCUT2D eigenvalue weighted by atomic mass is 10.0. The van der Waals surface area contributed by atoms with Gasteiger partial charge in [-0.25, -0.2) is 0 Å². The van der Waals surface area contributed by atoms with E-state index in [1.807, 2.05) is 0 Å². The standard InChI is InChI=1S/C14H17BrN4O.ClH/c15-11-4-1-3-10(7-11)12-5-2-6-19(12)9-13-17-14(8-16)20-18-13;/h1,3-4,7,12H,2,5-6,8-9,16H2;1H. The highest BCUT2D eigenvalue weighted by Crippen LogP contribution is 2.33. The Morgan fingerprint density at radius 3 is 3.00 bits per heavy atom. The van der Waals surface area contributed by atoms with Gasteiger partial charge < -0.3 is 10.3 Å². The fourth-order valence-corrected chi connectivity index (χ4v) is 3.14. The van der Waals surface area contributed by atoms with Crippen LogP contribution < -0.4 is 5.73 Å². The summed E-state index contributed by atoms with van der Waals surface area (Å²) in [5.41, 5.74) is 6.82. The van der Waals surface area contributed by atoms with Crippen LogP contribution in [0, 0.1) is 0 Å². The third-order valence-electron chi connectivity index (χ3n) is 3.63. The average molecular weight is 374 g/mol. The largest absolute Gasteiger partial charge is 0.338 e. The maximum absolute atomic E-state index is 5.49. The minimum Gasteiger partial charge on any atom is -0.338 e. The molecule has 1 fully saturated rings. The number of rotatable bonds is 4. The lowest BCUT2D eigenvalue weighted by molar-refractivity contribution is 0.238. The van der Waals surface area contributed by atoms with Gasteiger partial charge in [-0.2, -0.15) is 4.98 Å². The first kappa shape index (κ1) is 16.4. The maximum atomic E-state index is 5.49. The van der Waals surface area contributed by atoms with Crippen molar-refractivity contribution >= 4 is 28.3 Å². The van der Waals surface area contributed by atoms with Crippen molar-refractivity contribution in [3.05, 3.63) is 46.0 Å². The Morgan fingerprint density at radius 1 is 1.43 bits per heavy atom. The van der Waals surface area contributed by atoms with Gasteiger partial charge >= 0.3 is 0 Å². The second kappa shape index (κ2) is 7.35. The van der Waals surface area contributed by atoms with Crippen molar-refractivity contribution in [3.8, 4) is 0 Å². The van der Waals surface area contributed by atoms with Gasteiger partial charge in [0.05, 0.1) is 13.1 Å². The third kappa shape index (κ3) is 3.83. The molecule has 5 nitrogen and oxygen atoms in total. The van der Waals surface area contributed by atoms with Crippen molar-refractivity contribution in [2.75, 3.05) is 6.54 Å². The molecule has 0 bridgehead atoms. The van der Waals surface area contributed by atoms with E-state index in [-0.39, 0.29) is 12.4 Å². The maximum Gasteiger partial charge on any atom is 0.240 e. The fourth-order valence-electron chi connectivity index (χ4n) is 2.73. The molecule has 2 heterocycles. The van der Waals surface area contributed by atoms with Gasteiger partial charge in [0.25, 0.3) is 0 Å². The average Bonchev–Trinajstić information content (AvgIpc) is 3.08. The van der Waals surface area contributed by atoms with E-state index in [1.54, 1.807) is 0 Å². The molecule has 0 aliphatic carbocycles.